The van der Waals surface area contributed by atoms with Gasteiger partial charge < -0.3 is 14.7 Å². The summed E-state index contributed by atoms with van der Waals surface area (Å²) in [5.41, 5.74) is 0. The van der Waals surface area contributed by atoms with Gasteiger partial charge in [-0.25, -0.2) is 0 Å². The normalized spacial score (nSPS) is 21.2. The van der Waals surface area contributed by atoms with E-state index in [-0.39, 0.29) is 0 Å². The molecule has 1 aromatic rings. The highest BCUT2D eigenvalue weighted by molar-refractivity contribution is 4.98. The summed E-state index contributed by atoms with van der Waals surface area (Å²) in [6.45, 7) is 7.74. The first kappa shape index (κ1) is 14.5. The van der Waals surface area contributed by atoms with Gasteiger partial charge >= 0.3 is 0 Å². The van der Waals surface area contributed by atoms with Crippen molar-refractivity contribution in [2.75, 3.05) is 26.7 Å². The van der Waals surface area contributed by atoms with Gasteiger partial charge in [0.1, 0.15) is 0 Å². The Balaban J connectivity index is 1.90. The highest BCUT2D eigenvalue weighted by atomic mass is 16.5. The highest BCUT2D eigenvalue weighted by Gasteiger charge is 2.26. The van der Waals surface area contributed by atoms with Crippen molar-refractivity contribution in [2.45, 2.75) is 51.5 Å². The lowest BCUT2D eigenvalue weighted by atomic mass is 9.97. The van der Waals surface area contributed by atoms with Crippen LogP contribution in [0.15, 0.2) is 4.52 Å². The Labute approximate surface area is 115 Å². The zero-order valence-corrected chi connectivity index (χ0v) is 12.4. The maximum Gasteiger partial charge on any atom is 0.231 e. The number of aryl methyl sites for hydroxylation is 1. The van der Waals surface area contributed by atoms with Gasteiger partial charge in [-0.2, -0.15) is 4.98 Å². The van der Waals surface area contributed by atoms with Gasteiger partial charge in [-0.05, 0) is 53.2 Å². The first-order chi connectivity index (χ1) is 9.20. The zero-order chi connectivity index (χ0) is 13.7. The fourth-order valence-corrected chi connectivity index (χ4v) is 2.64. The predicted molar refractivity (Wildman–Crippen MR) is 75.2 cm³/mol. The van der Waals surface area contributed by atoms with Crippen LogP contribution in [0.25, 0.3) is 0 Å². The summed E-state index contributed by atoms with van der Waals surface area (Å²) in [6, 6.07) is 0.598. The fourth-order valence-electron chi connectivity index (χ4n) is 2.64. The van der Waals surface area contributed by atoms with Crippen molar-refractivity contribution >= 4 is 0 Å². The van der Waals surface area contributed by atoms with Gasteiger partial charge in [-0.1, -0.05) is 5.16 Å². The van der Waals surface area contributed by atoms with Gasteiger partial charge in [-0.15, -0.1) is 0 Å². The van der Waals surface area contributed by atoms with E-state index >= 15 is 0 Å². The van der Waals surface area contributed by atoms with Gasteiger partial charge in [-0.3, -0.25) is 0 Å². The van der Waals surface area contributed by atoms with Crippen LogP contribution in [0.4, 0.5) is 0 Å². The first-order valence-electron chi connectivity index (χ1n) is 7.42. The SMILES string of the molecule is CNCCCc1noc(C2CCCN(C(C)C)C2)n1. The summed E-state index contributed by atoms with van der Waals surface area (Å²) in [5.74, 6) is 2.11. The molecule has 1 aromatic heterocycles. The van der Waals surface area contributed by atoms with Crippen LogP contribution in [0, 0.1) is 0 Å². The number of hydrogen-bond acceptors (Lipinski definition) is 5. The minimum atomic E-state index is 0.418. The Bertz CT molecular complexity index is 377. The van der Waals surface area contributed by atoms with Crippen molar-refractivity contribution in [2.24, 2.45) is 0 Å². The molecule has 19 heavy (non-hydrogen) atoms. The van der Waals surface area contributed by atoms with E-state index in [2.05, 4.69) is 34.2 Å². The lowest BCUT2D eigenvalue weighted by Crippen LogP contribution is -2.39. The maximum absolute atomic E-state index is 5.45. The molecular formula is C14H26N4O. The predicted octanol–water partition coefficient (Wildman–Crippen LogP) is 1.81. The van der Waals surface area contributed by atoms with E-state index in [0.717, 1.165) is 37.6 Å². The molecule has 5 heteroatoms. The topological polar surface area (TPSA) is 54.2 Å². The molecule has 2 rings (SSSR count). The van der Waals surface area contributed by atoms with Gasteiger partial charge in [0, 0.05) is 19.0 Å². The smallest absolute Gasteiger partial charge is 0.231 e. The summed E-state index contributed by atoms with van der Waals surface area (Å²) in [5, 5.41) is 7.23. The van der Waals surface area contributed by atoms with Crippen LogP contribution in [-0.2, 0) is 6.42 Å². The first-order valence-corrected chi connectivity index (χ1v) is 7.42. The van der Waals surface area contributed by atoms with Crippen LogP contribution in [0.3, 0.4) is 0 Å². The van der Waals surface area contributed by atoms with Crippen LogP contribution < -0.4 is 5.32 Å². The van der Waals surface area contributed by atoms with E-state index < -0.39 is 0 Å². The van der Waals surface area contributed by atoms with E-state index in [1.54, 1.807) is 0 Å². The molecule has 0 saturated carbocycles. The van der Waals surface area contributed by atoms with E-state index in [4.69, 9.17) is 4.52 Å². The molecule has 0 amide bonds. The minimum absolute atomic E-state index is 0.418. The maximum atomic E-state index is 5.45. The van der Waals surface area contributed by atoms with Gasteiger partial charge in [0.05, 0.1) is 5.92 Å². The number of nitrogens with zero attached hydrogens (tertiary/aromatic N) is 3. The van der Waals surface area contributed by atoms with Gasteiger partial charge in [0.15, 0.2) is 5.82 Å². The molecule has 5 nitrogen and oxygen atoms in total. The Morgan fingerprint density at radius 3 is 3.05 bits per heavy atom. The molecule has 0 aromatic carbocycles. The van der Waals surface area contributed by atoms with Crippen LogP contribution in [0.2, 0.25) is 0 Å². The number of piperidine rings is 1. The summed E-state index contributed by atoms with van der Waals surface area (Å²) >= 11 is 0. The Kier molecular flexibility index (Phi) is 5.34. The van der Waals surface area contributed by atoms with Crippen LogP contribution in [0.1, 0.15) is 50.7 Å². The van der Waals surface area contributed by atoms with Gasteiger partial charge in [0.2, 0.25) is 5.89 Å². The fraction of sp³-hybridized carbons (Fsp3) is 0.857. The summed E-state index contributed by atoms with van der Waals surface area (Å²) < 4.78 is 5.45. The van der Waals surface area contributed by atoms with Gasteiger partial charge in [0.25, 0.3) is 0 Å². The third-order valence-corrected chi connectivity index (χ3v) is 3.84. The van der Waals surface area contributed by atoms with E-state index in [1.807, 2.05) is 7.05 Å². The highest BCUT2D eigenvalue weighted by Crippen LogP contribution is 2.26. The average molecular weight is 266 g/mol. The monoisotopic (exact) mass is 266 g/mol. The molecular weight excluding hydrogens is 240 g/mol. The lowest BCUT2D eigenvalue weighted by Gasteiger charge is -2.33. The van der Waals surface area contributed by atoms with E-state index in [9.17, 15) is 0 Å². The molecule has 0 aliphatic carbocycles. The molecule has 1 atom stereocenters. The second-order valence-corrected chi connectivity index (χ2v) is 5.68. The van der Waals surface area contributed by atoms with E-state index in [1.165, 1.54) is 19.4 Å². The molecule has 108 valence electrons. The number of rotatable bonds is 6. The average Bonchev–Trinajstić information content (AvgIpc) is 2.88. The summed E-state index contributed by atoms with van der Waals surface area (Å²) in [4.78, 5) is 7.07. The van der Waals surface area contributed by atoms with Crippen molar-refractivity contribution < 1.29 is 4.52 Å². The summed E-state index contributed by atoms with van der Waals surface area (Å²) in [6.07, 6.45) is 4.34. The lowest BCUT2D eigenvalue weighted by molar-refractivity contribution is 0.153. The van der Waals surface area contributed by atoms with Crippen molar-refractivity contribution in [1.82, 2.24) is 20.4 Å². The van der Waals surface area contributed by atoms with Crippen molar-refractivity contribution in [3.05, 3.63) is 11.7 Å². The van der Waals surface area contributed by atoms with Crippen LogP contribution >= 0.6 is 0 Å². The molecule has 0 radical (unpaired) electrons. The molecule has 1 aliphatic rings. The Hall–Kier alpha value is -0.940. The third-order valence-electron chi connectivity index (χ3n) is 3.84. The van der Waals surface area contributed by atoms with Crippen molar-refractivity contribution in [1.29, 1.82) is 0 Å². The molecule has 0 bridgehead atoms. The third kappa shape index (κ3) is 4.01. The number of nitrogens with one attached hydrogen (secondary N) is 1. The molecule has 1 saturated heterocycles. The van der Waals surface area contributed by atoms with Crippen LogP contribution in [-0.4, -0.2) is 47.8 Å². The second-order valence-electron chi connectivity index (χ2n) is 5.68. The molecule has 2 heterocycles. The Morgan fingerprint density at radius 2 is 2.32 bits per heavy atom. The standard InChI is InChI=1S/C14H26N4O/c1-11(2)18-9-5-6-12(10-18)14-16-13(17-19-14)7-4-8-15-3/h11-12,15H,4-10H2,1-3H3. The van der Waals surface area contributed by atoms with E-state index in [0.29, 0.717) is 12.0 Å². The molecule has 0 spiro atoms. The number of hydrogen-bond donors (Lipinski definition) is 1. The van der Waals surface area contributed by atoms with Crippen molar-refractivity contribution in [3.63, 3.8) is 0 Å². The number of likely N-dealkylation sites (tertiary alicyclic amines) is 1. The van der Waals surface area contributed by atoms with Crippen LogP contribution in [0.5, 0.6) is 0 Å². The number of aromatic nitrogens is 2. The molecule has 1 aliphatic heterocycles. The zero-order valence-electron chi connectivity index (χ0n) is 12.4. The second kappa shape index (κ2) is 7.01. The Morgan fingerprint density at radius 1 is 1.47 bits per heavy atom. The summed E-state index contributed by atoms with van der Waals surface area (Å²) in [7, 11) is 1.96. The molecule has 1 fully saturated rings. The largest absolute Gasteiger partial charge is 0.339 e. The van der Waals surface area contributed by atoms with Crippen molar-refractivity contribution in [3.8, 4) is 0 Å². The minimum Gasteiger partial charge on any atom is -0.339 e. The molecule has 1 unspecified atom stereocenters. The molecule has 1 N–H and O–H groups in total. The quantitative estimate of drug-likeness (QED) is 0.796.